The number of benzene rings is 3. The van der Waals surface area contributed by atoms with E-state index in [-0.39, 0.29) is 12.5 Å². The summed E-state index contributed by atoms with van der Waals surface area (Å²) in [6.45, 7) is 2.71. The number of esters is 1. The minimum atomic E-state index is -0.481. The van der Waals surface area contributed by atoms with Crippen LogP contribution in [-0.2, 0) is 16.1 Å². The van der Waals surface area contributed by atoms with Crippen LogP contribution in [0.3, 0.4) is 0 Å². The van der Waals surface area contributed by atoms with Gasteiger partial charge in [-0.2, -0.15) is 0 Å². The van der Waals surface area contributed by atoms with Crippen molar-refractivity contribution in [1.82, 2.24) is 4.90 Å². The number of ether oxygens (including phenoxy) is 1. The van der Waals surface area contributed by atoms with Gasteiger partial charge in [0.1, 0.15) is 0 Å². The van der Waals surface area contributed by atoms with Crippen LogP contribution in [0.5, 0.6) is 0 Å². The Morgan fingerprint density at radius 1 is 0.885 bits per heavy atom. The maximum Gasteiger partial charge on any atom is 0.339 e. The van der Waals surface area contributed by atoms with Crippen molar-refractivity contribution in [1.29, 1.82) is 0 Å². The fourth-order valence-electron chi connectivity index (χ4n) is 2.88. The van der Waals surface area contributed by atoms with Gasteiger partial charge in [-0.1, -0.05) is 66.7 Å². The Bertz CT molecular complexity index is 900. The van der Waals surface area contributed by atoms with Gasteiger partial charge < -0.3 is 9.64 Å². The molecular weight excluding hydrogens is 326 g/mol. The Balaban J connectivity index is 1.65. The number of nitrogens with zero attached hydrogens (tertiary/aromatic N) is 1. The normalized spacial score (nSPS) is 10.5. The first kappa shape index (κ1) is 17.7. The molecule has 3 rings (SSSR count). The number of rotatable bonds is 6. The molecule has 0 bridgehead atoms. The van der Waals surface area contributed by atoms with Crippen molar-refractivity contribution in [2.75, 3.05) is 13.2 Å². The summed E-state index contributed by atoms with van der Waals surface area (Å²) in [4.78, 5) is 26.5. The van der Waals surface area contributed by atoms with Crippen LogP contribution in [0.15, 0.2) is 72.8 Å². The van der Waals surface area contributed by atoms with Crippen LogP contribution in [0.4, 0.5) is 0 Å². The van der Waals surface area contributed by atoms with E-state index in [1.165, 1.54) is 0 Å². The molecule has 26 heavy (non-hydrogen) atoms. The molecule has 0 spiro atoms. The molecule has 0 saturated heterocycles. The lowest BCUT2D eigenvalue weighted by Gasteiger charge is -2.21. The summed E-state index contributed by atoms with van der Waals surface area (Å²) in [5.41, 5.74) is 1.52. The maximum absolute atomic E-state index is 12.4. The zero-order valence-electron chi connectivity index (χ0n) is 14.7. The van der Waals surface area contributed by atoms with Crippen molar-refractivity contribution in [3.63, 3.8) is 0 Å². The Labute approximate surface area is 153 Å². The van der Waals surface area contributed by atoms with Gasteiger partial charge in [0.15, 0.2) is 6.61 Å². The van der Waals surface area contributed by atoms with Crippen molar-refractivity contribution in [2.45, 2.75) is 13.5 Å². The number of carbonyl (C=O) groups excluding carboxylic acids is 2. The van der Waals surface area contributed by atoms with Gasteiger partial charge in [-0.05, 0) is 29.3 Å². The zero-order valence-corrected chi connectivity index (χ0v) is 14.7. The molecule has 0 fully saturated rings. The van der Waals surface area contributed by atoms with Gasteiger partial charge in [0.25, 0.3) is 5.91 Å². The smallest absolute Gasteiger partial charge is 0.339 e. The Morgan fingerprint density at radius 3 is 2.35 bits per heavy atom. The first-order valence-electron chi connectivity index (χ1n) is 8.65. The van der Waals surface area contributed by atoms with E-state index in [1.807, 2.05) is 73.7 Å². The lowest BCUT2D eigenvalue weighted by atomic mass is 10.1. The topological polar surface area (TPSA) is 46.6 Å². The first-order valence-corrected chi connectivity index (χ1v) is 8.65. The van der Waals surface area contributed by atoms with Crippen molar-refractivity contribution in [3.05, 3.63) is 83.9 Å². The summed E-state index contributed by atoms with van der Waals surface area (Å²) in [6, 6.07) is 22.8. The molecule has 3 aromatic rings. The van der Waals surface area contributed by atoms with Gasteiger partial charge in [-0.15, -0.1) is 0 Å². The number of likely N-dealkylation sites (N-methyl/N-ethyl adjacent to an activating group) is 1. The van der Waals surface area contributed by atoms with Crippen molar-refractivity contribution in [3.8, 4) is 0 Å². The highest BCUT2D eigenvalue weighted by Gasteiger charge is 2.17. The van der Waals surface area contributed by atoms with E-state index in [0.717, 1.165) is 16.3 Å². The van der Waals surface area contributed by atoms with Crippen molar-refractivity contribution in [2.24, 2.45) is 0 Å². The summed E-state index contributed by atoms with van der Waals surface area (Å²) < 4.78 is 5.29. The number of hydrogen-bond donors (Lipinski definition) is 0. The number of hydrogen-bond acceptors (Lipinski definition) is 3. The second-order valence-corrected chi connectivity index (χ2v) is 6.00. The molecule has 0 aliphatic rings. The number of fused-ring (bicyclic) bond motifs is 1. The molecule has 0 aliphatic heterocycles. The minimum Gasteiger partial charge on any atom is -0.452 e. The van der Waals surface area contributed by atoms with Crippen LogP contribution >= 0.6 is 0 Å². The molecule has 1 amide bonds. The van der Waals surface area contributed by atoms with E-state index in [9.17, 15) is 9.59 Å². The average Bonchev–Trinajstić information content (AvgIpc) is 2.70. The number of amides is 1. The average molecular weight is 347 g/mol. The second-order valence-electron chi connectivity index (χ2n) is 6.00. The molecule has 0 atom stereocenters. The molecule has 0 radical (unpaired) electrons. The van der Waals surface area contributed by atoms with Gasteiger partial charge in [-0.25, -0.2) is 4.79 Å². The highest BCUT2D eigenvalue weighted by Crippen LogP contribution is 2.19. The molecule has 0 N–H and O–H groups in total. The quantitative estimate of drug-likeness (QED) is 0.632. The number of carbonyl (C=O) groups is 2. The second kappa shape index (κ2) is 8.30. The van der Waals surface area contributed by atoms with Crippen molar-refractivity contribution < 1.29 is 14.3 Å². The van der Waals surface area contributed by atoms with Gasteiger partial charge in [0, 0.05) is 13.1 Å². The standard InChI is InChI=1S/C22H21NO3/c1-2-23(15-17-9-4-3-5-10-17)21(24)16-26-22(25)20-14-8-12-18-11-6-7-13-19(18)20/h3-14H,2,15-16H2,1H3. The molecule has 0 unspecified atom stereocenters. The Kier molecular flexibility index (Phi) is 5.64. The molecular formula is C22H21NO3. The third kappa shape index (κ3) is 4.09. The van der Waals surface area contributed by atoms with E-state index in [2.05, 4.69) is 0 Å². The Hall–Kier alpha value is -3.14. The van der Waals surface area contributed by atoms with Crippen LogP contribution < -0.4 is 0 Å². The molecule has 4 nitrogen and oxygen atoms in total. The van der Waals surface area contributed by atoms with Crippen LogP contribution in [0.25, 0.3) is 10.8 Å². The molecule has 0 aromatic heterocycles. The summed E-state index contributed by atoms with van der Waals surface area (Å²) in [5, 5.41) is 1.79. The lowest BCUT2D eigenvalue weighted by Crippen LogP contribution is -2.34. The van der Waals surface area contributed by atoms with Gasteiger partial charge in [0.05, 0.1) is 5.56 Å². The first-order chi connectivity index (χ1) is 12.7. The minimum absolute atomic E-state index is 0.204. The summed E-state index contributed by atoms with van der Waals surface area (Å²) >= 11 is 0. The molecule has 3 aromatic carbocycles. The van der Waals surface area contributed by atoms with E-state index >= 15 is 0 Å². The van der Waals surface area contributed by atoms with Crippen molar-refractivity contribution >= 4 is 22.6 Å². The third-order valence-corrected chi connectivity index (χ3v) is 4.29. The van der Waals surface area contributed by atoms with Gasteiger partial charge in [-0.3, -0.25) is 4.79 Å². The Morgan fingerprint density at radius 2 is 1.58 bits per heavy atom. The predicted molar refractivity (Wildman–Crippen MR) is 102 cm³/mol. The van der Waals surface area contributed by atoms with Crippen LogP contribution in [-0.4, -0.2) is 29.9 Å². The van der Waals surface area contributed by atoms with E-state index in [1.54, 1.807) is 11.0 Å². The SMILES string of the molecule is CCN(Cc1ccccc1)C(=O)COC(=O)c1cccc2ccccc12. The summed E-state index contributed by atoms with van der Waals surface area (Å²) in [7, 11) is 0. The van der Waals surface area contributed by atoms with E-state index in [4.69, 9.17) is 4.74 Å². The largest absolute Gasteiger partial charge is 0.452 e. The maximum atomic E-state index is 12.4. The van der Waals surface area contributed by atoms with Crippen LogP contribution in [0.2, 0.25) is 0 Å². The molecule has 0 aliphatic carbocycles. The van der Waals surface area contributed by atoms with Gasteiger partial charge in [0.2, 0.25) is 0 Å². The van der Waals surface area contributed by atoms with Crippen LogP contribution in [0, 0.1) is 0 Å². The van der Waals surface area contributed by atoms with E-state index in [0.29, 0.717) is 18.7 Å². The molecule has 4 heteroatoms. The molecule has 0 saturated carbocycles. The zero-order chi connectivity index (χ0) is 18.4. The van der Waals surface area contributed by atoms with Crippen LogP contribution in [0.1, 0.15) is 22.8 Å². The monoisotopic (exact) mass is 347 g/mol. The molecule has 0 heterocycles. The lowest BCUT2D eigenvalue weighted by molar-refractivity contribution is -0.134. The van der Waals surface area contributed by atoms with E-state index < -0.39 is 5.97 Å². The molecule has 132 valence electrons. The third-order valence-electron chi connectivity index (χ3n) is 4.29. The van der Waals surface area contributed by atoms with Gasteiger partial charge >= 0.3 is 5.97 Å². The fourth-order valence-corrected chi connectivity index (χ4v) is 2.88. The highest BCUT2D eigenvalue weighted by atomic mass is 16.5. The fraction of sp³-hybridized carbons (Fsp3) is 0.182. The highest BCUT2D eigenvalue weighted by molar-refractivity contribution is 6.04. The summed E-state index contributed by atoms with van der Waals surface area (Å²) in [5.74, 6) is -0.684. The summed E-state index contributed by atoms with van der Waals surface area (Å²) in [6.07, 6.45) is 0. The predicted octanol–water partition coefficient (Wildman–Crippen LogP) is 4.05.